The van der Waals surface area contributed by atoms with Crippen LogP contribution < -0.4 is 5.32 Å². The molecule has 6 N–H and O–H groups in total. The molecule has 312 valence electrons. The van der Waals surface area contributed by atoms with Crippen LogP contribution in [0.3, 0.4) is 0 Å². The molecule has 9 heteroatoms. The summed E-state index contributed by atoms with van der Waals surface area (Å²) in [4.78, 5) is 12.9. The third kappa shape index (κ3) is 26.2. The molecule has 1 rings (SSSR count). The molecule has 1 aliphatic heterocycles. The van der Waals surface area contributed by atoms with Crippen LogP contribution in [0.5, 0.6) is 0 Å². The topological polar surface area (TPSA) is 149 Å². The Labute approximate surface area is 324 Å². The fourth-order valence-corrected chi connectivity index (χ4v) is 6.92. The molecule has 7 atom stereocenters. The maximum atomic E-state index is 12.9. The highest BCUT2D eigenvalue weighted by molar-refractivity contribution is 5.76. The van der Waals surface area contributed by atoms with Gasteiger partial charge in [-0.1, -0.05) is 186 Å². The second kappa shape index (κ2) is 35.1. The number of carbonyl (C=O) groups excluding carboxylic acids is 1. The summed E-state index contributed by atoms with van der Waals surface area (Å²) in [5.41, 5.74) is 0. The van der Waals surface area contributed by atoms with Crippen LogP contribution in [-0.2, 0) is 14.3 Å². The lowest BCUT2D eigenvalue weighted by Crippen LogP contribution is -2.60. The summed E-state index contributed by atoms with van der Waals surface area (Å²) in [6.07, 6.45) is 34.0. The second-order valence-electron chi connectivity index (χ2n) is 15.5. The lowest BCUT2D eigenvalue weighted by molar-refractivity contribution is -0.302. The predicted octanol–water partition coefficient (Wildman–Crippen LogP) is 8.72. The van der Waals surface area contributed by atoms with Crippen molar-refractivity contribution in [2.75, 3.05) is 13.2 Å². The van der Waals surface area contributed by atoms with E-state index in [9.17, 15) is 30.3 Å². The van der Waals surface area contributed by atoms with Gasteiger partial charge in [-0.3, -0.25) is 4.79 Å². The molecule has 0 aliphatic carbocycles. The SMILES string of the molecule is CCCC/C=C/CC/C=C/C(O)C(COC1OC(CO)C(O)C(O)C1O)NC(=O)CCCCCCCCCCCCCCCCCCCCCCCC. The molecule has 0 radical (unpaired) electrons. The van der Waals surface area contributed by atoms with Crippen molar-refractivity contribution in [3.8, 4) is 0 Å². The minimum atomic E-state index is -1.57. The van der Waals surface area contributed by atoms with E-state index in [4.69, 9.17) is 9.47 Å². The third-order valence-corrected chi connectivity index (χ3v) is 10.5. The molecule has 53 heavy (non-hydrogen) atoms. The summed E-state index contributed by atoms with van der Waals surface area (Å²) in [5, 5.41) is 53.8. The van der Waals surface area contributed by atoms with Gasteiger partial charge in [0.2, 0.25) is 5.91 Å². The zero-order chi connectivity index (χ0) is 38.8. The number of aliphatic hydroxyl groups is 5. The molecule has 0 bridgehead atoms. The van der Waals surface area contributed by atoms with Crippen LogP contribution in [0.4, 0.5) is 0 Å². The van der Waals surface area contributed by atoms with E-state index < -0.39 is 49.5 Å². The summed E-state index contributed by atoms with van der Waals surface area (Å²) in [6, 6.07) is -0.814. The third-order valence-electron chi connectivity index (χ3n) is 10.5. The Morgan fingerprint density at radius 3 is 1.57 bits per heavy atom. The second-order valence-corrected chi connectivity index (χ2v) is 15.5. The average Bonchev–Trinajstić information content (AvgIpc) is 3.16. The van der Waals surface area contributed by atoms with Crippen molar-refractivity contribution in [3.05, 3.63) is 24.3 Å². The van der Waals surface area contributed by atoms with Crippen LogP contribution in [0.2, 0.25) is 0 Å². The van der Waals surface area contributed by atoms with Gasteiger partial charge in [0, 0.05) is 6.42 Å². The fourth-order valence-electron chi connectivity index (χ4n) is 6.92. The zero-order valence-electron chi connectivity index (χ0n) is 34.0. The van der Waals surface area contributed by atoms with Crippen LogP contribution in [0, 0.1) is 0 Å². The zero-order valence-corrected chi connectivity index (χ0v) is 34.0. The number of allylic oxidation sites excluding steroid dienone is 3. The summed E-state index contributed by atoms with van der Waals surface area (Å²) in [5.74, 6) is -0.188. The number of hydrogen-bond acceptors (Lipinski definition) is 8. The number of aliphatic hydroxyl groups excluding tert-OH is 5. The number of unbranched alkanes of at least 4 members (excludes halogenated alkanes) is 24. The van der Waals surface area contributed by atoms with Gasteiger partial charge in [0.05, 0.1) is 25.4 Å². The number of rotatable bonds is 36. The first-order valence-electron chi connectivity index (χ1n) is 22.1. The minimum Gasteiger partial charge on any atom is -0.394 e. The first-order valence-corrected chi connectivity index (χ1v) is 22.1. The van der Waals surface area contributed by atoms with Gasteiger partial charge in [0.1, 0.15) is 24.4 Å². The maximum Gasteiger partial charge on any atom is 0.220 e. The molecular weight excluding hydrogens is 670 g/mol. The van der Waals surface area contributed by atoms with Gasteiger partial charge >= 0.3 is 0 Å². The number of carbonyl (C=O) groups is 1. The van der Waals surface area contributed by atoms with Gasteiger partial charge < -0.3 is 40.3 Å². The number of ether oxygens (including phenoxy) is 2. The van der Waals surface area contributed by atoms with E-state index in [2.05, 4.69) is 31.3 Å². The predicted molar refractivity (Wildman–Crippen MR) is 217 cm³/mol. The Hall–Kier alpha value is -1.33. The molecule has 0 aromatic carbocycles. The molecule has 1 amide bonds. The van der Waals surface area contributed by atoms with E-state index in [0.29, 0.717) is 6.42 Å². The highest BCUT2D eigenvalue weighted by Gasteiger charge is 2.44. The van der Waals surface area contributed by atoms with E-state index in [1.165, 1.54) is 128 Å². The van der Waals surface area contributed by atoms with Crippen molar-refractivity contribution < 1.29 is 39.8 Å². The molecule has 1 heterocycles. The molecule has 1 aliphatic rings. The molecular formula is C44H83NO8. The van der Waals surface area contributed by atoms with Gasteiger partial charge in [-0.2, -0.15) is 0 Å². The Morgan fingerprint density at radius 2 is 1.08 bits per heavy atom. The van der Waals surface area contributed by atoms with Gasteiger partial charge in [0.15, 0.2) is 6.29 Å². The smallest absolute Gasteiger partial charge is 0.220 e. The molecule has 0 spiro atoms. The highest BCUT2D eigenvalue weighted by Crippen LogP contribution is 2.22. The number of nitrogens with one attached hydrogen (secondary N) is 1. The van der Waals surface area contributed by atoms with Crippen molar-refractivity contribution in [1.29, 1.82) is 0 Å². The summed E-state index contributed by atoms with van der Waals surface area (Å²) in [7, 11) is 0. The Kier molecular flexibility index (Phi) is 32.9. The standard InChI is InChI=1S/C44H83NO8/c1-3-5-7-9-11-13-14-15-16-17-18-19-20-21-22-23-24-25-26-28-30-32-34-40(48)45-37(38(47)33-31-29-27-12-10-8-6-4-2)36-52-44-43(51)42(50)41(49)39(35-46)53-44/h10,12,31,33,37-39,41-44,46-47,49-51H,3-9,11,13-30,32,34-36H2,1-2H3,(H,45,48)/b12-10+,33-31+. The highest BCUT2D eigenvalue weighted by atomic mass is 16.7. The number of amides is 1. The van der Waals surface area contributed by atoms with Crippen LogP contribution in [-0.4, -0.2) is 87.5 Å². The Morgan fingerprint density at radius 1 is 0.623 bits per heavy atom. The van der Waals surface area contributed by atoms with Crippen molar-refractivity contribution in [1.82, 2.24) is 5.32 Å². The molecule has 9 nitrogen and oxygen atoms in total. The molecule has 1 saturated heterocycles. The quantitative estimate of drug-likeness (QED) is 0.0275. The van der Waals surface area contributed by atoms with Gasteiger partial charge in [-0.15, -0.1) is 0 Å². The minimum absolute atomic E-state index is 0.188. The summed E-state index contributed by atoms with van der Waals surface area (Å²) >= 11 is 0. The van der Waals surface area contributed by atoms with Crippen molar-refractivity contribution >= 4 is 5.91 Å². The number of hydrogen-bond donors (Lipinski definition) is 6. The first kappa shape index (κ1) is 49.7. The van der Waals surface area contributed by atoms with Crippen LogP contribution in [0.15, 0.2) is 24.3 Å². The van der Waals surface area contributed by atoms with E-state index in [1.54, 1.807) is 6.08 Å². The van der Waals surface area contributed by atoms with Crippen molar-refractivity contribution in [3.63, 3.8) is 0 Å². The molecule has 0 aromatic heterocycles. The van der Waals surface area contributed by atoms with Crippen LogP contribution >= 0.6 is 0 Å². The fraction of sp³-hybridized carbons (Fsp3) is 0.886. The molecule has 0 aromatic rings. The van der Waals surface area contributed by atoms with Gasteiger partial charge in [0.25, 0.3) is 0 Å². The van der Waals surface area contributed by atoms with E-state index >= 15 is 0 Å². The molecule has 7 unspecified atom stereocenters. The lowest BCUT2D eigenvalue weighted by Gasteiger charge is -2.40. The monoisotopic (exact) mass is 754 g/mol. The van der Waals surface area contributed by atoms with Crippen molar-refractivity contribution in [2.24, 2.45) is 0 Å². The molecule has 1 fully saturated rings. The summed E-state index contributed by atoms with van der Waals surface area (Å²) < 4.78 is 11.1. The van der Waals surface area contributed by atoms with Crippen molar-refractivity contribution in [2.45, 2.75) is 236 Å². The van der Waals surface area contributed by atoms with E-state index in [0.717, 1.165) is 44.9 Å². The van der Waals surface area contributed by atoms with E-state index in [-0.39, 0.29) is 12.5 Å². The van der Waals surface area contributed by atoms with Gasteiger partial charge in [-0.05, 0) is 25.7 Å². The molecule has 0 saturated carbocycles. The first-order chi connectivity index (χ1) is 25.8. The Bertz CT molecular complexity index is 883. The maximum absolute atomic E-state index is 12.9. The van der Waals surface area contributed by atoms with Gasteiger partial charge in [-0.25, -0.2) is 0 Å². The lowest BCUT2D eigenvalue weighted by atomic mass is 9.99. The largest absolute Gasteiger partial charge is 0.394 e. The summed E-state index contributed by atoms with van der Waals surface area (Å²) in [6.45, 7) is 3.68. The van der Waals surface area contributed by atoms with Crippen LogP contribution in [0.1, 0.15) is 194 Å². The average molecular weight is 754 g/mol. The van der Waals surface area contributed by atoms with Crippen LogP contribution in [0.25, 0.3) is 0 Å². The Balaban J connectivity index is 2.24. The van der Waals surface area contributed by atoms with E-state index in [1.807, 2.05) is 6.08 Å². The normalized spacial score (nSPS) is 21.8.